The van der Waals surface area contributed by atoms with Gasteiger partial charge in [-0.2, -0.15) is 0 Å². The Bertz CT molecular complexity index is 373. The van der Waals surface area contributed by atoms with Gasteiger partial charge in [0.25, 0.3) is 0 Å². The van der Waals surface area contributed by atoms with Crippen molar-refractivity contribution in [2.75, 3.05) is 0 Å². The van der Waals surface area contributed by atoms with E-state index in [0.29, 0.717) is 0 Å². The third-order valence-electron chi connectivity index (χ3n) is 1.65. The summed E-state index contributed by atoms with van der Waals surface area (Å²) in [6.45, 7) is 0. The summed E-state index contributed by atoms with van der Waals surface area (Å²) >= 11 is 5.08. The van der Waals surface area contributed by atoms with E-state index in [4.69, 9.17) is 0 Å². The number of hydrogen-bond acceptors (Lipinski definition) is 1. The third kappa shape index (κ3) is 3.27. The molecule has 0 aliphatic carbocycles. The van der Waals surface area contributed by atoms with E-state index < -0.39 is 0 Å². The van der Waals surface area contributed by atoms with Gasteiger partial charge in [-0.3, -0.25) is 0 Å². The summed E-state index contributed by atoms with van der Waals surface area (Å²) in [4.78, 5) is 0. The minimum Gasteiger partial charge on any atom is -1.00 e. The van der Waals surface area contributed by atoms with Gasteiger partial charge in [-0.1, -0.05) is 30.3 Å². The largest absolute Gasteiger partial charge is 1.00 e. The predicted octanol–water partition coefficient (Wildman–Crippen LogP) is 0.979. The van der Waals surface area contributed by atoms with E-state index in [2.05, 4.69) is 33.4 Å². The summed E-state index contributed by atoms with van der Waals surface area (Å²) < 4.78 is 1.15. The normalized spacial score (nSPS) is 8.64. The number of benzene rings is 1. The van der Waals surface area contributed by atoms with Crippen molar-refractivity contribution in [1.29, 1.82) is 0 Å². The standard InChI is InChI=1S/C10H6BrS.BrH.Zn/c11-10-9(6-7-12-10)8-4-2-1-3-5-8;;/h1-6H;1H;/p-1. The molecule has 0 saturated carbocycles. The van der Waals surface area contributed by atoms with Gasteiger partial charge in [-0.15, -0.1) is 11.3 Å². The molecule has 0 fully saturated rings. The van der Waals surface area contributed by atoms with Crippen LogP contribution < -0.4 is 17.0 Å². The average molecular weight is 383 g/mol. The smallest absolute Gasteiger partial charge is 0.0783 e. The van der Waals surface area contributed by atoms with Gasteiger partial charge in [0.2, 0.25) is 0 Å². The molecule has 2 rings (SSSR count). The molecule has 0 aliphatic heterocycles. The average Bonchev–Trinajstić information content (AvgIpc) is 2.53. The Labute approximate surface area is 119 Å². The van der Waals surface area contributed by atoms with Crippen molar-refractivity contribution in [2.24, 2.45) is 0 Å². The molecular formula is C10H6Br2SZn-. The summed E-state index contributed by atoms with van der Waals surface area (Å²) in [7, 11) is 0. The van der Waals surface area contributed by atoms with Crippen molar-refractivity contribution in [1.82, 2.24) is 0 Å². The fourth-order valence-electron chi connectivity index (χ4n) is 1.07. The maximum Gasteiger partial charge on any atom is 0.0783 e. The van der Waals surface area contributed by atoms with E-state index in [9.17, 15) is 0 Å². The zero-order chi connectivity index (χ0) is 8.39. The molecular weight excluding hydrogens is 377 g/mol. The van der Waals surface area contributed by atoms with Crippen molar-refractivity contribution < 1.29 is 36.5 Å². The molecule has 0 unspecified atom stereocenters. The monoisotopic (exact) mass is 380 g/mol. The molecule has 14 heavy (non-hydrogen) atoms. The molecule has 69 valence electrons. The Balaban J connectivity index is 0.000000845. The molecule has 0 saturated heterocycles. The maximum atomic E-state index is 3.49. The fraction of sp³-hybridized carbons (Fsp3) is 0. The molecule has 4 heteroatoms. The molecule has 1 aromatic heterocycles. The van der Waals surface area contributed by atoms with Gasteiger partial charge in [0.15, 0.2) is 0 Å². The van der Waals surface area contributed by atoms with Crippen molar-refractivity contribution in [3.63, 3.8) is 0 Å². The third-order valence-corrected chi connectivity index (χ3v) is 3.20. The van der Waals surface area contributed by atoms with Crippen molar-refractivity contribution in [3.05, 3.63) is 45.6 Å². The van der Waals surface area contributed by atoms with Crippen LogP contribution in [-0.2, 0) is 19.5 Å². The Kier molecular flexibility index (Phi) is 7.14. The maximum absolute atomic E-state index is 3.49. The topological polar surface area (TPSA) is 0 Å². The van der Waals surface area contributed by atoms with Crippen LogP contribution in [0.3, 0.4) is 0 Å². The second kappa shape index (κ2) is 6.89. The zero-order valence-corrected chi connectivity index (χ0v) is 14.3. The zero-order valence-electron chi connectivity index (χ0n) is 7.34. The fourth-order valence-corrected chi connectivity index (χ4v) is 2.26. The van der Waals surface area contributed by atoms with Gasteiger partial charge >= 0.3 is 0 Å². The number of thiophene rings is 1. The van der Waals surface area contributed by atoms with Crippen LogP contribution in [-0.4, -0.2) is 0 Å². The van der Waals surface area contributed by atoms with Gasteiger partial charge in [-0.05, 0) is 27.6 Å². The molecule has 0 spiro atoms. The molecule has 0 aliphatic rings. The molecule has 0 nitrogen and oxygen atoms in total. The van der Waals surface area contributed by atoms with E-state index in [1.807, 2.05) is 24.3 Å². The summed E-state index contributed by atoms with van der Waals surface area (Å²) in [6, 6.07) is 12.3. The van der Waals surface area contributed by atoms with Crippen LogP contribution >= 0.6 is 27.3 Å². The molecule has 0 N–H and O–H groups in total. The van der Waals surface area contributed by atoms with Crippen LogP contribution in [0.5, 0.6) is 0 Å². The van der Waals surface area contributed by atoms with Gasteiger partial charge in [0.05, 0.1) is 3.79 Å². The van der Waals surface area contributed by atoms with Crippen LogP contribution in [0.2, 0.25) is 0 Å². The SMILES string of the molecule is Brc1s[c]cc1-c1ccccc1.[Br-].[Zn]. The van der Waals surface area contributed by atoms with Crippen molar-refractivity contribution >= 4 is 27.3 Å². The Morgan fingerprint density at radius 2 is 1.79 bits per heavy atom. The van der Waals surface area contributed by atoms with Crippen molar-refractivity contribution in [3.8, 4) is 11.1 Å². The van der Waals surface area contributed by atoms with Crippen LogP contribution in [0.25, 0.3) is 11.1 Å². The first-order valence-corrected chi connectivity index (χ1v) is 5.19. The second-order valence-corrected chi connectivity index (χ2v) is 4.58. The molecule has 0 amide bonds. The van der Waals surface area contributed by atoms with E-state index in [1.165, 1.54) is 11.1 Å². The quantitative estimate of drug-likeness (QED) is 0.644. The first kappa shape index (κ1) is 14.5. The van der Waals surface area contributed by atoms with Crippen LogP contribution in [0.4, 0.5) is 0 Å². The summed E-state index contributed by atoms with van der Waals surface area (Å²) in [5.41, 5.74) is 2.46. The molecule has 0 atom stereocenters. The van der Waals surface area contributed by atoms with Gasteiger partial charge < -0.3 is 17.0 Å². The van der Waals surface area contributed by atoms with E-state index in [0.717, 1.165) is 3.79 Å². The molecule has 1 aromatic carbocycles. The Morgan fingerprint density at radius 3 is 2.29 bits per heavy atom. The molecule has 1 radical (unpaired) electrons. The van der Waals surface area contributed by atoms with Crippen LogP contribution in [0.1, 0.15) is 0 Å². The van der Waals surface area contributed by atoms with Crippen LogP contribution in [0, 0.1) is 5.38 Å². The number of hydrogen-bond donors (Lipinski definition) is 0. The summed E-state index contributed by atoms with van der Waals surface area (Å²) in [6.07, 6.45) is 0. The minimum absolute atomic E-state index is 0. The molecule has 1 heterocycles. The first-order valence-electron chi connectivity index (χ1n) is 3.59. The first-order chi connectivity index (χ1) is 5.88. The van der Waals surface area contributed by atoms with Crippen LogP contribution in [0.15, 0.2) is 40.2 Å². The van der Waals surface area contributed by atoms with Crippen molar-refractivity contribution in [2.45, 2.75) is 0 Å². The summed E-state index contributed by atoms with van der Waals surface area (Å²) in [5, 5.41) is 3.09. The Morgan fingerprint density at radius 1 is 1.14 bits per heavy atom. The predicted molar refractivity (Wildman–Crippen MR) is 56.3 cm³/mol. The summed E-state index contributed by atoms with van der Waals surface area (Å²) in [5.74, 6) is 0. The second-order valence-electron chi connectivity index (χ2n) is 2.42. The van der Waals surface area contributed by atoms with E-state index >= 15 is 0 Å². The van der Waals surface area contributed by atoms with Gasteiger partial charge in [-0.25, -0.2) is 0 Å². The minimum atomic E-state index is 0. The Hall–Kier alpha value is 0.503. The van der Waals surface area contributed by atoms with Gasteiger partial charge in [0.1, 0.15) is 0 Å². The van der Waals surface area contributed by atoms with Gasteiger partial charge in [0, 0.05) is 30.4 Å². The van der Waals surface area contributed by atoms with E-state index in [1.54, 1.807) is 11.3 Å². The molecule has 2 aromatic rings. The molecule has 0 bridgehead atoms. The number of halogens is 2. The van der Waals surface area contributed by atoms with E-state index in [-0.39, 0.29) is 36.5 Å². The number of rotatable bonds is 1.